The van der Waals surface area contributed by atoms with Gasteiger partial charge in [0.15, 0.2) is 15.5 Å². The molecule has 4 rings (SSSR count). The molecule has 0 saturated heterocycles. The molecule has 0 atom stereocenters. The van der Waals surface area contributed by atoms with Crippen molar-refractivity contribution >= 4 is 45.0 Å². The van der Waals surface area contributed by atoms with Crippen LogP contribution in [0.2, 0.25) is 0 Å². The number of nitrogens with zero attached hydrogens (tertiary/aromatic N) is 2. The van der Waals surface area contributed by atoms with Gasteiger partial charge in [-0.05, 0) is 62.8 Å². The van der Waals surface area contributed by atoms with Gasteiger partial charge in [-0.2, -0.15) is 0 Å². The van der Waals surface area contributed by atoms with E-state index in [2.05, 4.69) is 15.5 Å². The second-order valence-electron chi connectivity index (χ2n) is 8.24. The summed E-state index contributed by atoms with van der Waals surface area (Å²) >= 11 is 1.12. The number of amides is 1. The van der Waals surface area contributed by atoms with Crippen molar-refractivity contribution in [3.05, 3.63) is 48.2 Å². The molecule has 0 bridgehead atoms. The number of aliphatic carboxylic acids is 1. The fourth-order valence-corrected chi connectivity index (χ4v) is 5.82. The Hall–Kier alpha value is -2.92. The lowest BCUT2D eigenvalue weighted by molar-refractivity contribution is -0.133. The van der Waals surface area contributed by atoms with Gasteiger partial charge >= 0.3 is 5.97 Å². The van der Waals surface area contributed by atoms with E-state index in [9.17, 15) is 18.0 Å². The van der Waals surface area contributed by atoms with Crippen molar-refractivity contribution in [2.75, 3.05) is 11.1 Å². The number of thioether (sulfide) groups is 1. The fourth-order valence-electron chi connectivity index (χ4n) is 3.58. The van der Waals surface area contributed by atoms with Crippen LogP contribution in [0.5, 0.6) is 0 Å². The van der Waals surface area contributed by atoms with E-state index >= 15 is 0 Å². The zero-order valence-electron chi connectivity index (χ0n) is 18.3. The van der Waals surface area contributed by atoms with Crippen LogP contribution in [0.4, 0.5) is 5.82 Å². The predicted octanol–water partition coefficient (Wildman–Crippen LogP) is 3.50. The lowest BCUT2D eigenvalue weighted by Crippen LogP contribution is -2.25. The third-order valence-electron chi connectivity index (χ3n) is 5.57. The van der Waals surface area contributed by atoms with Crippen molar-refractivity contribution in [2.24, 2.45) is 5.16 Å². The Morgan fingerprint density at radius 1 is 1.09 bits per heavy atom. The second-order valence-corrected chi connectivity index (χ2v) is 11.5. The molecule has 2 fully saturated rings. The average Bonchev–Trinajstić information content (AvgIpc) is 3.57. The molecular formula is C23H25N3O6S2. The Kier molecular flexibility index (Phi) is 7.52. The summed E-state index contributed by atoms with van der Waals surface area (Å²) in [6, 6.07) is 9.35. The van der Waals surface area contributed by atoms with E-state index in [4.69, 9.17) is 9.94 Å². The number of carboxylic acids is 1. The third-order valence-corrected chi connectivity index (χ3v) is 8.81. The van der Waals surface area contributed by atoms with Crippen LogP contribution in [0, 0.1) is 0 Å². The van der Waals surface area contributed by atoms with Gasteiger partial charge < -0.3 is 15.3 Å². The summed E-state index contributed by atoms with van der Waals surface area (Å²) in [6.45, 7) is 0. The minimum Gasteiger partial charge on any atom is -0.481 e. The molecule has 2 saturated carbocycles. The number of aromatic nitrogens is 1. The maximum Gasteiger partial charge on any atom is 0.313 e. The molecule has 2 aliphatic rings. The number of carbonyl (C=O) groups is 2. The highest BCUT2D eigenvalue weighted by Crippen LogP contribution is 2.33. The van der Waals surface area contributed by atoms with Gasteiger partial charge in [0, 0.05) is 16.7 Å². The van der Waals surface area contributed by atoms with Gasteiger partial charge in [0.1, 0.15) is 11.9 Å². The first-order valence-corrected chi connectivity index (χ1v) is 13.6. The predicted molar refractivity (Wildman–Crippen MR) is 128 cm³/mol. The van der Waals surface area contributed by atoms with E-state index in [1.165, 1.54) is 18.3 Å². The number of rotatable bonds is 10. The van der Waals surface area contributed by atoms with Gasteiger partial charge in [-0.1, -0.05) is 17.3 Å². The van der Waals surface area contributed by atoms with Crippen molar-refractivity contribution in [3.63, 3.8) is 0 Å². The maximum absolute atomic E-state index is 13.1. The van der Waals surface area contributed by atoms with Crippen molar-refractivity contribution < 1.29 is 28.0 Å². The molecule has 2 N–H and O–H groups in total. The van der Waals surface area contributed by atoms with E-state index in [0.29, 0.717) is 23.3 Å². The molecular weight excluding hydrogens is 478 g/mol. The first-order chi connectivity index (χ1) is 16.3. The standard InChI is InChI=1S/C23H25N3O6S2/c27-21(28)14-33-17-7-12-20(24-13-17)25-23(29)22(26-32-16-3-1-2-4-16)15-5-8-18(9-6-15)34(30,31)19-10-11-19/h5-9,12-13,16,19H,1-4,10-11,14H2,(H,27,28)(H,24,25,29)/b26-22+. The van der Waals surface area contributed by atoms with Crippen LogP contribution in [0.25, 0.3) is 0 Å². The lowest BCUT2D eigenvalue weighted by Gasteiger charge is -2.12. The maximum atomic E-state index is 13.1. The van der Waals surface area contributed by atoms with Crippen LogP contribution in [0.3, 0.4) is 0 Å². The SMILES string of the molecule is O=C(O)CSc1ccc(NC(=O)/C(=N/OC2CCCC2)c2ccc(S(=O)(=O)C3CC3)cc2)nc1. The molecule has 0 spiro atoms. The Morgan fingerprint density at radius 3 is 2.38 bits per heavy atom. The van der Waals surface area contributed by atoms with E-state index < -0.39 is 21.7 Å². The summed E-state index contributed by atoms with van der Waals surface area (Å²) in [5.41, 5.74) is 0.451. The molecule has 9 nitrogen and oxygen atoms in total. The Bertz CT molecular complexity index is 1170. The highest BCUT2D eigenvalue weighted by atomic mass is 32.2. The normalized spacial score (nSPS) is 16.9. The molecule has 34 heavy (non-hydrogen) atoms. The average molecular weight is 504 g/mol. The molecule has 1 heterocycles. The number of hydrogen-bond acceptors (Lipinski definition) is 8. The topological polar surface area (TPSA) is 135 Å². The van der Waals surface area contributed by atoms with Crippen LogP contribution < -0.4 is 5.32 Å². The molecule has 0 aliphatic heterocycles. The monoisotopic (exact) mass is 503 g/mol. The summed E-state index contributed by atoms with van der Waals surface area (Å²) in [7, 11) is -3.34. The smallest absolute Gasteiger partial charge is 0.313 e. The van der Waals surface area contributed by atoms with E-state index in [-0.39, 0.29) is 33.5 Å². The van der Waals surface area contributed by atoms with Crippen LogP contribution >= 0.6 is 11.8 Å². The molecule has 1 aromatic carbocycles. The van der Waals surface area contributed by atoms with Gasteiger partial charge in [0.05, 0.1) is 15.9 Å². The van der Waals surface area contributed by atoms with Gasteiger partial charge in [-0.25, -0.2) is 13.4 Å². The molecule has 2 aromatic rings. The number of sulfone groups is 1. The minimum absolute atomic E-state index is 0.0217. The van der Waals surface area contributed by atoms with Gasteiger partial charge in [-0.3, -0.25) is 9.59 Å². The first-order valence-electron chi connectivity index (χ1n) is 11.0. The zero-order chi connectivity index (χ0) is 24.1. The summed E-state index contributed by atoms with van der Waals surface area (Å²) in [5, 5.41) is 15.3. The van der Waals surface area contributed by atoms with Gasteiger partial charge in [0.2, 0.25) is 0 Å². The molecule has 2 aliphatic carbocycles. The molecule has 1 amide bonds. The minimum atomic E-state index is -3.34. The summed E-state index contributed by atoms with van der Waals surface area (Å²) in [5.74, 6) is -1.29. The molecule has 1 aromatic heterocycles. The highest BCUT2D eigenvalue weighted by molar-refractivity contribution is 8.00. The Morgan fingerprint density at radius 2 is 1.79 bits per heavy atom. The number of oxime groups is 1. The fraction of sp³-hybridized carbons (Fsp3) is 0.391. The van der Waals surface area contributed by atoms with Crippen LogP contribution in [-0.2, 0) is 24.3 Å². The lowest BCUT2D eigenvalue weighted by atomic mass is 10.1. The van der Waals surface area contributed by atoms with E-state index in [1.54, 1.807) is 24.3 Å². The first kappa shape index (κ1) is 24.2. The van der Waals surface area contributed by atoms with Crippen molar-refractivity contribution in [3.8, 4) is 0 Å². The summed E-state index contributed by atoms with van der Waals surface area (Å²) in [4.78, 5) is 34.4. The Balaban J connectivity index is 1.51. The molecule has 0 unspecified atom stereocenters. The van der Waals surface area contributed by atoms with Crippen molar-refractivity contribution in [2.45, 2.75) is 59.7 Å². The molecule has 11 heteroatoms. The Labute approximate surface area is 201 Å². The molecule has 0 radical (unpaired) electrons. The van der Waals surface area contributed by atoms with Crippen molar-refractivity contribution in [1.82, 2.24) is 4.98 Å². The van der Waals surface area contributed by atoms with Crippen molar-refractivity contribution in [1.29, 1.82) is 0 Å². The number of carboxylic acid groups (broad SMARTS) is 1. The van der Waals surface area contributed by atoms with E-state index in [0.717, 1.165) is 37.4 Å². The summed E-state index contributed by atoms with van der Waals surface area (Å²) in [6.07, 6.45) is 6.61. The third kappa shape index (κ3) is 6.15. The number of carbonyl (C=O) groups excluding carboxylic acids is 1. The van der Waals surface area contributed by atoms with Gasteiger partial charge in [-0.15, -0.1) is 11.8 Å². The largest absolute Gasteiger partial charge is 0.481 e. The van der Waals surface area contributed by atoms with Crippen LogP contribution in [-0.4, -0.2) is 53.2 Å². The van der Waals surface area contributed by atoms with Crippen LogP contribution in [0.15, 0.2) is 57.5 Å². The van der Waals surface area contributed by atoms with E-state index in [1.807, 2.05) is 0 Å². The number of anilines is 1. The van der Waals surface area contributed by atoms with Gasteiger partial charge in [0.25, 0.3) is 5.91 Å². The van der Waals surface area contributed by atoms with Crippen LogP contribution in [0.1, 0.15) is 44.1 Å². The quantitative estimate of drug-likeness (QED) is 0.286. The molecule has 180 valence electrons. The summed E-state index contributed by atoms with van der Waals surface area (Å²) < 4.78 is 25.0. The number of benzene rings is 1. The zero-order valence-corrected chi connectivity index (χ0v) is 20.0. The highest BCUT2D eigenvalue weighted by Gasteiger charge is 2.36. The number of pyridine rings is 1. The second kappa shape index (κ2) is 10.6. The number of nitrogens with one attached hydrogen (secondary N) is 1. The number of hydrogen-bond donors (Lipinski definition) is 2.